The molecule has 2 fully saturated rings. The molecule has 1 atom stereocenters. The molecule has 0 spiro atoms. The number of hydrogen-bond donors (Lipinski definition) is 2. The molecule has 1 aliphatic carbocycles. The summed E-state index contributed by atoms with van der Waals surface area (Å²) in [6, 6.07) is 0.838. The van der Waals surface area contributed by atoms with Gasteiger partial charge in [-0.2, -0.15) is 0 Å². The van der Waals surface area contributed by atoms with Gasteiger partial charge < -0.3 is 15.5 Å². The Morgan fingerprint density at radius 3 is 2.56 bits per heavy atom. The van der Waals surface area contributed by atoms with E-state index in [1.54, 1.807) is 0 Å². The third-order valence-electron chi connectivity index (χ3n) is 3.56. The summed E-state index contributed by atoms with van der Waals surface area (Å²) in [5, 5.41) is 6.29. The highest BCUT2D eigenvalue weighted by atomic mass is 35.5. The van der Waals surface area contributed by atoms with Gasteiger partial charge in [-0.3, -0.25) is 4.79 Å². The van der Waals surface area contributed by atoms with Crippen molar-refractivity contribution in [1.29, 1.82) is 0 Å². The van der Waals surface area contributed by atoms with Crippen LogP contribution in [0.15, 0.2) is 0 Å². The van der Waals surface area contributed by atoms with E-state index in [-0.39, 0.29) is 36.8 Å². The lowest BCUT2D eigenvalue weighted by atomic mass is 10.0. The van der Waals surface area contributed by atoms with Crippen LogP contribution >= 0.6 is 24.8 Å². The Labute approximate surface area is 122 Å². The Bertz CT molecular complexity index is 243. The molecule has 0 unspecified atom stereocenters. The van der Waals surface area contributed by atoms with Crippen LogP contribution in [0.5, 0.6) is 0 Å². The monoisotopic (exact) mass is 297 g/mol. The summed E-state index contributed by atoms with van der Waals surface area (Å²) in [6.07, 6.45) is 6.02. The van der Waals surface area contributed by atoms with Crippen LogP contribution in [0.3, 0.4) is 0 Å². The molecule has 0 bridgehead atoms. The molecular weight excluding hydrogens is 273 g/mol. The Morgan fingerprint density at radius 2 is 2.00 bits per heavy atom. The Balaban J connectivity index is 0.00000144. The van der Waals surface area contributed by atoms with E-state index in [1.165, 1.54) is 25.7 Å². The molecule has 0 aromatic heterocycles. The quantitative estimate of drug-likeness (QED) is 0.801. The number of nitrogens with zero attached hydrogens (tertiary/aromatic N) is 1. The second-order valence-electron chi connectivity index (χ2n) is 5.01. The first kappa shape index (κ1) is 18.0. The number of rotatable bonds is 5. The molecule has 1 amide bonds. The van der Waals surface area contributed by atoms with E-state index in [4.69, 9.17) is 0 Å². The molecule has 6 heteroatoms. The number of amides is 1. The van der Waals surface area contributed by atoms with Crippen LogP contribution in [0.4, 0.5) is 0 Å². The van der Waals surface area contributed by atoms with Crippen molar-refractivity contribution in [1.82, 2.24) is 15.5 Å². The topological polar surface area (TPSA) is 44.4 Å². The summed E-state index contributed by atoms with van der Waals surface area (Å²) in [7, 11) is 2.14. The van der Waals surface area contributed by atoms with E-state index in [1.807, 2.05) is 0 Å². The van der Waals surface area contributed by atoms with Gasteiger partial charge in [0.1, 0.15) is 0 Å². The smallest absolute Gasteiger partial charge is 0.237 e. The van der Waals surface area contributed by atoms with Gasteiger partial charge in [0, 0.05) is 19.1 Å². The highest BCUT2D eigenvalue weighted by Crippen LogP contribution is 2.24. The molecule has 2 N–H and O–H groups in total. The zero-order valence-electron chi connectivity index (χ0n) is 11.0. The average Bonchev–Trinajstić information content (AvgIpc) is 3.14. The van der Waals surface area contributed by atoms with Crippen LogP contribution in [-0.4, -0.2) is 49.6 Å². The second-order valence-corrected chi connectivity index (χ2v) is 5.01. The van der Waals surface area contributed by atoms with Gasteiger partial charge in [0.25, 0.3) is 0 Å². The number of hydrogen-bond acceptors (Lipinski definition) is 3. The molecule has 108 valence electrons. The summed E-state index contributed by atoms with van der Waals surface area (Å²) < 4.78 is 0. The van der Waals surface area contributed by atoms with Gasteiger partial charge in [0.2, 0.25) is 5.91 Å². The number of piperidine rings is 1. The number of carbonyl (C=O) groups is 1. The fourth-order valence-corrected chi connectivity index (χ4v) is 2.25. The second kappa shape index (κ2) is 8.97. The predicted octanol–water partition coefficient (Wildman–Crippen LogP) is 1.18. The van der Waals surface area contributed by atoms with E-state index in [9.17, 15) is 4.79 Å². The minimum absolute atomic E-state index is 0. The normalized spacial score (nSPS) is 22.9. The van der Waals surface area contributed by atoms with E-state index in [2.05, 4.69) is 22.6 Å². The summed E-state index contributed by atoms with van der Waals surface area (Å²) in [5.41, 5.74) is 0. The van der Waals surface area contributed by atoms with Crippen LogP contribution < -0.4 is 10.6 Å². The van der Waals surface area contributed by atoms with Gasteiger partial charge in [-0.25, -0.2) is 0 Å². The Kier molecular flexibility index (Phi) is 8.95. The zero-order chi connectivity index (χ0) is 11.4. The number of likely N-dealkylation sites (N-methyl/N-ethyl adjacent to an activating group) is 1. The van der Waals surface area contributed by atoms with Gasteiger partial charge in [-0.15, -0.1) is 24.8 Å². The van der Waals surface area contributed by atoms with Gasteiger partial charge in [-0.05, 0) is 39.3 Å². The van der Waals surface area contributed by atoms with Crippen molar-refractivity contribution in [3.63, 3.8) is 0 Å². The Morgan fingerprint density at radius 1 is 1.28 bits per heavy atom. The number of halogens is 2. The highest BCUT2D eigenvalue weighted by molar-refractivity contribution is 5.85. The largest absolute Gasteiger partial charge is 0.353 e. The maximum Gasteiger partial charge on any atom is 0.237 e. The highest BCUT2D eigenvalue weighted by Gasteiger charge is 2.26. The fourth-order valence-electron chi connectivity index (χ4n) is 2.25. The maximum atomic E-state index is 11.8. The molecule has 1 aliphatic heterocycles. The maximum absolute atomic E-state index is 11.8. The van der Waals surface area contributed by atoms with Crippen molar-refractivity contribution in [2.24, 2.45) is 0 Å². The number of carbonyl (C=O) groups excluding carboxylic acids is 1. The number of nitrogens with one attached hydrogen (secondary N) is 2. The Hall–Kier alpha value is -0.0300. The molecule has 18 heavy (non-hydrogen) atoms. The molecular formula is C12H25Cl2N3O. The van der Waals surface area contributed by atoms with Crippen LogP contribution in [0.1, 0.15) is 32.1 Å². The molecule has 4 nitrogen and oxygen atoms in total. The summed E-state index contributed by atoms with van der Waals surface area (Å²) in [6.45, 7) is 2.74. The summed E-state index contributed by atoms with van der Waals surface area (Å²) in [4.78, 5) is 14.1. The lowest BCUT2D eigenvalue weighted by molar-refractivity contribution is -0.123. The fraction of sp³-hybridized carbons (Fsp3) is 0.917. The van der Waals surface area contributed by atoms with Crippen LogP contribution in [-0.2, 0) is 4.79 Å². The van der Waals surface area contributed by atoms with Gasteiger partial charge >= 0.3 is 0 Å². The lowest BCUT2D eigenvalue weighted by Gasteiger charge is -2.23. The predicted molar refractivity (Wildman–Crippen MR) is 78.8 cm³/mol. The minimum Gasteiger partial charge on any atom is -0.353 e. The first-order valence-corrected chi connectivity index (χ1v) is 6.48. The van der Waals surface area contributed by atoms with Gasteiger partial charge in [0.05, 0.1) is 6.04 Å². The zero-order valence-corrected chi connectivity index (χ0v) is 12.6. The summed E-state index contributed by atoms with van der Waals surface area (Å²) in [5.74, 6) is 0.184. The van der Waals surface area contributed by atoms with Crippen LogP contribution in [0.25, 0.3) is 0 Å². The van der Waals surface area contributed by atoms with E-state index < -0.39 is 0 Å². The third-order valence-corrected chi connectivity index (χ3v) is 3.56. The van der Waals surface area contributed by atoms with Crippen molar-refractivity contribution in [2.75, 3.05) is 26.7 Å². The lowest BCUT2D eigenvalue weighted by Crippen LogP contribution is -2.48. The molecule has 0 aromatic rings. The van der Waals surface area contributed by atoms with Crippen molar-refractivity contribution >= 4 is 30.7 Å². The summed E-state index contributed by atoms with van der Waals surface area (Å²) >= 11 is 0. The van der Waals surface area contributed by atoms with Crippen molar-refractivity contribution < 1.29 is 4.79 Å². The average molecular weight is 298 g/mol. The van der Waals surface area contributed by atoms with E-state index in [0.29, 0.717) is 0 Å². The van der Waals surface area contributed by atoms with Crippen LogP contribution in [0.2, 0.25) is 0 Å². The SMILES string of the molecule is CN(CCNC(=O)[C@@H]1CCCCN1)C1CC1.Cl.Cl. The molecule has 1 saturated heterocycles. The molecule has 0 aromatic carbocycles. The van der Waals surface area contributed by atoms with Gasteiger partial charge in [0.15, 0.2) is 0 Å². The first-order chi connectivity index (χ1) is 7.77. The molecule has 1 heterocycles. The van der Waals surface area contributed by atoms with Crippen molar-refractivity contribution in [3.05, 3.63) is 0 Å². The van der Waals surface area contributed by atoms with Crippen LogP contribution in [0, 0.1) is 0 Å². The van der Waals surface area contributed by atoms with Gasteiger partial charge in [-0.1, -0.05) is 6.42 Å². The molecule has 2 rings (SSSR count). The molecule has 1 saturated carbocycles. The first-order valence-electron chi connectivity index (χ1n) is 6.48. The van der Waals surface area contributed by atoms with E-state index in [0.717, 1.165) is 32.1 Å². The third kappa shape index (κ3) is 5.74. The van der Waals surface area contributed by atoms with Crippen molar-refractivity contribution in [3.8, 4) is 0 Å². The minimum atomic E-state index is 0. The molecule has 2 aliphatic rings. The standard InChI is InChI=1S/C12H23N3O.2ClH/c1-15(10-5-6-10)9-8-14-12(16)11-4-2-3-7-13-11;;/h10-11,13H,2-9H2,1H3,(H,14,16);2*1H/t11-;;/m0../s1. The van der Waals surface area contributed by atoms with Crippen molar-refractivity contribution in [2.45, 2.75) is 44.2 Å². The molecule has 0 radical (unpaired) electrons. The van der Waals surface area contributed by atoms with E-state index >= 15 is 0 Å².